The fraction of sp³-hybridized carbons (Fsp3) is 0.375. The largest absolute Gasteiger partial charge is 0.326 e. The van der Waals surface area contributed by atoms with E-state index < -0.39 is 0 Å². The maximum absolute atomic E-state index is 12.6. The third kappa shape index (κ3) is 2.69. The van der Waals surface area contributed by atoms with E-state index in [1.165, 1.54) is 0 Å². The van der Waals surface area contributed by atoms with Crippen molar-refractivity contribution in [1.29, 1.82) is 0 Å². The summed E-state index contributed by atoms with van der Waals surface area (Å²) in [4.78, 5) is 12.6. The Balaban J connectivity index is 1.79. The molecular weight excluding hydrogens is 264 g/mol. The molecule has 2 heterocycles. The van der Waals surface area contributed by atoms with Gasteiger partial charge in [0.05, 0.1) is 11.1 Å². The van der Waals surface area contributed by atoms with Crippen molar-refractivity contribution in [2.24, 2.45) is 5.41 Å². The monoisotopic (exact) mass is 284 g/mol. The molecule has 1 aliphatic heterocycles. The first-order chi connectivity index (χ1) is 10.2. The van der Waals surface area contributed by atoms with Gasteiger partial charge >= 0.3 is 0 Å². The minimum atomic E-state index is -0.274. The molecule has 110 valence electrons. The minimum Gasteiger partial charge on any atom is -0.326 e. The zero-order valence-electron chi connectivity index (χ0n) is 12.1. The molecule has 1 saturated heterocycles. The first-order valence-corrected chi connectivity index (χ1v) is 7.35. The SMILES string of the molecule is CCC1(C(=O)Nc2cccc(-c3ccn[nH]3)c2)CCNC1. The zero-order chi connectivity index (χ0) is 14.7. The number of nitrogens with zero attached hydrogens (tertiary/aromatic N) is 1. The van der Waals surface area contributed by atoms with Crippen molar-refractivity contribution >= 4 is 11.6 Å². The van der Waals surface area contributed by atoms with Crippen LogP contribution in [-0.4, -0.2) is 29.2 Å². The second-order valence-electron chi connectivity index (χ2n) is 5.57. The predicted molar refractivity (Wildman–Crippen MR) is 82.9 cm³/mol. The molecule has 1 amide bonds. The lowest BCUT2D eigenvalue weighted by Crippen LogP contribution is -2.37. The summed E-state index contributed by atoms with van der Waals surface area (Å²) in [5.74, 6) is 0.108. The van der Waals surface area contributed by atoms with Crippen molar-refractivity contribution in [3.05, 3.63) is 36.5 Å². The van der Waals surface area contributed by atoms with Crippen LogP contribution in [0.4, 0.5) is 5.69 Å². The van der Waals surface area contributed by atoms with Gasteiger partial charge in [0.25, 0.3) is 0 Å². The summed E-state index contributed by atoms with van der Waals surface area (Å²) in [6.45, 7) is 3.75. The molecule has 1 aromatic heterocycles. The van der Waals surface area contributed by atoms with E-state index in [0.29, 0.717) is 0 Å². The number of rotatable bonds is 4. The Bertz CT molecular complexity index is 615. The number of benzene rings is 1. The molecule has 3 N–H and O–H groups in total. The molecular formula is C16H20N4O. The number of H-pyrrole nitrogens is 1. The second-order valence-corrected chi connectivity index (χ2v) is 5.57. The second kappa shape index (κ2) is 5.69. The van der Waals surface area contributed by atoms with Crippen LogP contribution in [0.15, 0.2) is 36.5 Å². The Hall–Kier alpha value is -2.14. The van der Waals surface area contributed by atoms with Gasteiger partial charge in [0.2, 0.25) is 5.91 Å². The quantitative estimate of drug-likeness (QED) is 0.807. The highest BCUT2D eigenvalue weighted by Crippen LogP contribution is 2.31. The Morgan fingerprint density at radius 1 is 1.43 bits per heavy atom. The molecule has 2 aromatic rings. The van der Waals surface area contributed by atoms with Gasteiger partial charge in [-0.3, -0.25) is 9.89 Å². The molecule has 1 aliphatic rings. The van der Waals surface area contributed by atoms with Crippen LogP contribution >= 0.6 is 0 Å². The number of anilines is 1. The lowest BCUT2D eigenvalue weighted by atomic mass is 9.83. The topological polar surface area (TPSA) is 69.8 Å². The van der Waals surface area contributed by atoms with Gasteiger partial charge in [-0.2, -0.15) is 5.10 Å². The summed E-state index contributed by atoms with van der Waals surface area (Å²) in [7, 11) is 0. The van der Waals surface area contributed by atoms with E-state index in [1.807, 2.05) is 30.3 Å². The molecule has 0 bridgehead atoms. The molecule has 0 aliphatic carbocycles. The van der Waals surface area contributed by atoms with E-state index in [9.17, 15) is 4.79 Å². The molecule has 1 fully saturated rings. The first kappa shape index (κ1) is 13.8. The standard InChI is InChI=1S/C16H20N4O/c1-2-16(7-9-17-11-16)15(21)19-13-5-3-4-12(10-13)14-6-8-18-20-14/h3-6,8,10,17H,2,7,9,11H2,1H3,(H,18,20)(H,19,21). The molecule has 5 nitrogen and oxygen atoms in total. The third-order valence-corrected chi connectivity index (χ3v) is 4.33. The fourth-order valence-electron chi connectivity index (χ4n) is 2.84. The normalized spacial score (nSPS) is 21.4. The van der Waals surface area contributed by atoms with Crippen LogP contribution in [0.1, 0.15) is 19.8 Å². The number of carbonyl (C=O) groups excluding carboxylic acids is 1. The van der Waals surface area contributed by atoms with Crippen LogP contribution in [0.3, 0.4) is 0 Å². The lowest BCUT2D eigenvalue weighted by Gasteiger charge is -2.25. The maximum Gasteiger partial charge on any atom is 0.231 e. The van der Waals surface area contributed by atoms with Gasteiger partial charge in [-0.05, 0) is 37.6 Å². The molecule has 5 heteroatoms. The highest BCUT2D eigenvalue weighted by Gasteiger charge is 2.39. The summed E-state index contributed by atoms with van der Waals surface area (Å²) in [6.07, 6.45) is 3.47. The number of carbonyl (C=O) groups is 1. The van der Waals surface area contributed by atoms with Gasteiger partial charge < -0.3 is 10.6 Å². The van der Waals surface area contributed by atoms with Gasteiger partial charge in [-0.1, -0.05) is 19.1 Å². The summed E-state index contributed by atoms with van der Waals surface area (Å²) < 4.78 is 0. The smallest absolute Gasteiger partial charge is 0.231 e. The summed E-state index contributed by atoms with van der Waals surface area (Å²) in [6, 6.07) is 9.74. The first-order valence-electron chi connectivity index (χ1n) is 7.35. The molecule has 21 heavy (non-hydrogen) atoms. The number of hydrogen-bond donors (Lipinski definition) is 3. The third-order valence-electron chi connectivity index (χ3n) is 4.33. The van der Waals surface area contributed by atoms with E-state index >= 15 is 0 Å². The van der Waals surface area contributed by atoms with Crippen molar-refractivity contribution in [1.82, 2.24) is 15.5 Å². The summed E-state index contributed by atoms with van der Waals surface area (Å²) in [5, 5.41) is 13.2. The Morgan fingerprint density at radius 2 is 2.33 bits per heavy atom. The van der Waals surface area contributed by atoms with Gasteiger partial charge in [0.15, 0.2) is 0 Å². The van der Waals surface area contributed by atoms with E-state index in [4.69, 9.17) is 0 Å². The lowest BCUT2D eigenvalue weighted by molar-refractivity contribution is -0.124. The average molecular weight is 284 g/mol. The van der Waals surface area contributed by atoms with Gasteiger partial charge in [-0.25, -0.2) is 0 Å². The minimum absolute atomic E-state index is 0.108. The van der Waals surface area contributed by atoms with Gasteiger partial charge in [0, 0.05) is 24.0 Å². The summed E-state index contributed by atoms with van der Waals surface area (Å²) >= 11 is 0. The van der Waals surface area contributed by atoms with Crippen molar-refractivity contribution < 1.29 is 4.79 Å². The highest BCUT2D eigenvalue weighted by atomic mass is 16.2. The molecule has 0 radical (unpaired) electrons. The Morgan fingerprint density at radius 3 is 3.00 bits per heavy atom. The van der Waals surface area contributed by atoms with Crippen LogP contribution in [0, 0.1) is 5.41 Å². The fourth-order valence-corrected chi connectivity index (χ4v) is 2.84. The molecule has 0 saturated carbocycles. The van der Waals surface area contributed by atoms with E-state index in [1.54, 1.807) is 6.20 Å². The van der Waals surface area contributed by atoms with Crippen LogP contribution in [-0.2, 0) is 4.79 Å². The highest BCUT2D eigenvalue weighted by molar-refractivity contribution is 5.96. The molecule has 0 spiro atoms. The van der Waals surface area contributed by atoms with E-state index in [2.05, 4.69) is 27.8 Å². The van der Waals surface area contributed by atoms with Crippen molar-refractivity contribution in [3.63, 3.8) is 0 Å². The maximum atomic E-state index is 12.6. The van der Waals surface area contributed by atoms with E-state index in [0.717, 1.165) is 42.9 Å². The predicted octanol–water partition coefficient (Wildman–Crippen LogP) is 2.40. The number of nitrogens with one attached hydrogen (secondary N) is 3. The van der Waals surface area contributed by atoms with E-state index in [-0.39, 0.29) is 11.3 Å². The van der Waals surface area contributed by atoms with Crippen LogP contribution < -0.4 is 10.6 Å². The van der Waals surface area contributed by atoms with Gasteiger partial charge in [-0.15, -0.1) is 0 Å². The number of aromatic amines is 1. The number of amides is 1. The van der Waals surface area contributed by atoms with Crippen LogP contribution in [0.25, 0.3) is 11.3 Å². The number of aromatic nitrogens is 2. The average Bonchev–Trinajstić information content (AvgIpc) is 3.20. The molecule has 3 rings (SSSR count). The van der Waals surface area contributed by atoms with Crippen molar-refractivity contribution in [3.8, 4) is 11.3 Å². The Labute approximate surface area is 124 Å². The Kier molecular flexibility index (Phi) is 3.75. The molecule has 1 atom stereocenters. The molecule has 1 aromatic carbocycles. The zero-order valence-corrected chi connectivity index (χ0v) is 12.1. The van der Waals surface area contributed by atoms with Crippen molar-refractivity contribution in [2.45, 2.75) is 19.8 Å². The van der Waals surface area contributed by atoms with Crippen LogP contribution in [0.2, 0.25) is 0 Å². The molecule has 1 unspecified atom stereocenters. The number of hydrogen-bond acceptors (Lipinski definition) is 3. The summed E-state index contributed by atoms with van der Waals surface area (Å²) in [5.41, 5.74) is 2.51. The van der Waals surface area contributed by atoms with Crippen molar-refractivity contribution in [2.75, 3.05) is 18.4 Å². The van der Waals surface area contributed by atoms with Crippen LogP contribution in [0.5, 0.6) is 0 Å². The van der Waals surface area contributed by atoms with Gasteiger partial charge in [0.1, 0.15) is 0 Å².